The molecule has 1 aromatic carbocycles. The summed E-state index contributed by atoms with van der Waals surface area (Å²) in [5.74, 6) is 0.794. The van der Waals surface area contributed by atoms with E-state index in [9.17, 15) is 0 Å². The van der Waals surface area contributed by atoms with E-state index in [0.29, 0.717) is 17.6 Å². The molecule has 3 nitrogen and oxygen atoms in total. The number of hydrogen-bond donors (Lipinski definition) is 2. The molecule has 90 valence electrons. The lowest BCUT2D eigenvalue weighted by Crippen LogP contribution is -2.39. The number of rotatable bonds is 6. The lowest BCUT2D eigenvalue weighted by atomic mass is 10.3. The lowest BCUT2D eigenvalue weighted by Gasteiger charge is -2.18. The Balaban J connectivity index is 2.36. The van der Waals surface area contributed by atoms with Crippen LogP contribution in [0, 0.1) is 0 Å². The van der Waals surface area contributed by atoms with Gasteiger partial charge in [0.15, 0.2) is 0 Å². The smallest absolute Gasteiger partial charge is 0.121 e. The van der Waals surface area contributed by atoms with Gasteiger partial charge in [0.25, 0.3) is 0 Å². The van der Waals surface area contributed by atoms with E-state index < -0.39 is 0 Å². The minimum Gasteiger partial charge on any atom is -0.489 e. The quantitative estimate of drug-likeness (QED) is 0.803. The van der Waals surface area contributed by atoms with Gasteiger partial charge in [0.05, 0.1) is 0 Å². The fourth-order valence-corrected chi connectivity index (χ4v) is 1.45. The minimum atomic E-state index is 0.0902. The summed E-state index contributed by atoms with van der Waals surface area (Å²) < 4.78 is 5.70. The standard InChI is InChI=1S/C12H19ClN2O/c1-9(7-14)15-8-10(2)16-12-5-3-4-11(13)6-12/h3-6,9-10,15H,7-8,14H2,1-2H3/t9-,10?/m1/s1. The zero-order valence-corrected chi connectivity index (χ0v) is 10.5. The van der Waals surface area contributed by atoms with Crippen molar-refractivity contribution in [2.45, 2.75) is 26.0 Å². The minimum absolute atomic E-state index is 0.0902. The number of halogens is 1. The monoisotopic (exact) mass is 242 g/mol. The van der Waals surface area contributed by atoms with E-state index in [2.05, 4.69) is 5.32 Å². The molecule has 0 heterocycles. The first-order valence-corrected chi connectivity index (χ1v) is 5.85. The first-order valence-electron chi connectivity index (χ1n) is 5.47. The van der Waals surface area contributed by atoms with Gasteiger partial charge in [-0.2, -0.15) is 0 Å². The number of hydrogen-bond acceptors (Lipinski definition) is 3. The molecule has 3 N–H and O–H groups in total. The Labute approximate surface area is 102 Å². The summed E-state index contributed by atoms with van der Waals surface area (Å²) in [7, 11) is 0. The van der Waals surface area contributed by atoms with E-state index in [0.717, 1.165) is 12.3 Å². The van der Waals surface area contributed by atoms with Crippen LogP contribution in [0.2, 0.25) is 5.02 Å². The van der Waals surface area contributed by atoms with Gasteiger partial charge in [-0.1, -0.05) is 17.7 Å². The number of ether oxygens (including phenoxy) is 1. The summed E-state index contributed by atoms with van der Waals surface area (Å²) in [6.07, 6.45) is 0.0902. The van der Waals surface area contributed by atoms with Gasteiger partial charge in [-0.3, -0.25) is 0 Å². The molecule has 0 aliphatic heterocycles. The van der Waals surface area contributed by atoms with E-state index in [-0.39, 0.29) is 6.10 Å². The SMILES string of the molecule is CC(CN[C@H](C)CN)Oc1cccc(Cl)c1. The molecule has 0 radical (unpaired) electrons. The molecule has 0 saturated carbocycles. The van der Waals surface area contributed by atoms with E-state index in [4.69, 9.17) is 22.1 Å². The van der Waals surface area contributed by atoms with Gasteiger partial charge in [0.2, 0.25) is 0 Å². The Kier molecular flexibility index (Phi) is 5.60. The van der Waals surface area contributed by atoms with Crippen LogP contribution in [0.1, 0.15) is 13.8 Å². The normalized spacial score (nSPS) is 14.5. The van der Waals surface area contributed by atoms with Crippen molar-refractivity contribution in [2.75, 3.05) is 13.1 Å². The zero-order valence-electron chi connectivity index (χ0n) is 9.74. The van der Waals surface area contributed by atoms with Crippen molar-refractivity contribution >= 4 is 11.6 Å². The highest BCUT2D eigenvalue weighted by Crippen LogP contribution is 2.18. The van der Waals surface area contributed by atoms with Gasteiger partial charge in [-0.05, 0) is 32.0 Å². The molecule has 4 heteroatoms. The van der Waals surface area contributed by atoms with Crippen LogP contribution in [-0.2, 0) is 0 Å². The third kappa shape index (κ3) is 4.84. The summed E-state index contributed by atoms with van der Waals surface area (Å²) >= 11 is 5.87. The van der Waals surface area contributed by atoms with Crippen molar-refractivity contribution in [1.29, 1.82) is 0 Å². The van der Waals surface area contributed by atoms with E-state index in [1.165, 1.54) is 0 Å². The molecule has 0 aliphatic carbocycles. The third-order valence-electron chi connectivity index (χ3n) is 2.24. The summed E-state index contributed by atoms with van der Waals surface area (Å²) in [5, 5.41) is 3.97. The Morgan fingerprint density at radius 2 is 2.19 bits per heavy atom. The molecule has 0 aromatic heterocycles. The van der Waals surface area contributed by atoms with Crippen molar-refractivity contribution in [3.8, 4) is 5.75 Å². The Morgan fingerprint density at radius 1 is 1.44 bits per heavy atom. The molecule has 0 spiro atoms. The lowest BCUT2D eigenvalue weighted by molar-refractivity contribution is 0.213. The molecule has 2 atom stereocenters. The van der Waals surface area contributed by atoms with E-state index in [1.807, 2.05) is 38.1 Å². The zero-order chi connectivity index (χ0) is 12.0. The maximum absolute atomic E-state index is 5.87. The third-order valence-corrected chi connectivity index (χ3v) is 2.48. The molecule has 1 aromatic rings. The molecule has 0 amide bonds. The molecule has 0 saturated heterocycles. The van der Waals surface area contributed by atoms with Crippen molar-refractivity contribution < 1.29 is 4.74 Å². The van der Waals surface area contributed by atoms with Crippen molar-refractivity contribution in [3.63, 3.8) is 0 Å². The fraction of sp³-hybridized carbons (Fsp3) is 0.500. The largest absolute Gasteiger partial charge is 0.489 e. The molecule has 1 rings (SSSR count). The molecular weight excluding hydrogens is 224 g/mol. The van der Waals surface area contributed by atoms with Crippen LogP contribution >= 0.6 is 11.6 Å². The maximum atomic E-state index is 5.87. The molecule has 0 fully saturated rings. The number of benzene rings is 1. The van der Waals surface area contributed by atoms with Crippen LogP contribution in [-0.4, -0.2) is 25.2 Å². The summed E-state index contributed by atoms with van der Waals surface area (Å²) in [6, 6.07) is 7.72. The van der Waals surface area contributed by atoms with Crippen molar-refractivity contribution in [1.82, 2.24) is 5.32 Å². The van der Waals surface area contributed by atoms with Crippen LogP contribution in [0.4, 0.5) is 0 Å². The van der Waals surface area contributed by atoms with Gasteiger partial charge >= 0.3 is 0 Å². The molecule has 1 unspecified atom stereocenters. The van der Waals surface area contributed by atoms with Crippen LogP contribution in [0.3, 0.4) is 0 Å². The first kappa shape index (κ1) is 13.3. The van der Waals surface area contributed by atoms with Crippen LogP contribution < -0.4 is 15.8 Å². The first-order chi connectivity index (χ1) is 7.61. The Morgan fingerprint density at radius 3 is 2.81 bits per heavy atom. The summed E-state index contributed by atoms with van der Waals surface area (Å²) in [4.78, 5) is 0. The highest BCUT2D eigenvalue weighted by molar-refractivity contribution is 6.30. The molecule has 0 aliphatic rings. The van der Waals surface area contributed by atoms with Crippen molar-refractivity contribution in [2.24, 2.45) is 5.73 Å². The predicted molar refractivity (Wildman–Crippen MR) is 68.1 cm³/mol. The second-order valence-electron chi connectivity index (χ2n) is 3.93. The number of nitrogens with one attached hydrogen (secondary N) is 1. The molecule has 16 heavy (non-hydrogen) atoms. The Bertz CT molecular complexity index is 320. The van der Waals surface area contributed by atoms with Crippen molar-refractivity contribution in [3.05, 3.63) is 29.3 Å². The molecular formula is C12H19ClN2O. The maximum Gasteiger partial charge on any atom is 0.121 e. The topological polar surface area (TPSA) is 47.3 Å². The highest BCUT2D eigenvalue weighted by atomic mass is 35.5. The van der Waals surface area contributed by atoms with Gasteiger partial charge in [-0.25, -0.2) is 0 Å². The van der Waals surface area contributed by atoms with Crippen LogP contribution in [0.25, 0.3) is 0 Å². The highest BCUT2D eigenvalue weighted by Gasteiger charge is 2.06. The summed E-state index contributed by atoms with van der Waals surface area (Å²) in [5.41, 5.74) is 5.51. The number of nitrogens with two attached hydrogens (primary N) is 1. The molecule has 0 bridgehead atoms. The van der Waals surface area contributed by atoms with Gasteiger partial charge in [0, 0.05) is 24.2 Å². The van der Waals surface area contributed by atoms with Crippen LogP contribution in [0.15, 0.2) is 24.3 Å². The fourth-order valence-electron chi connectivity index (χ4n) is 1.26. The Hall–Kier alpha value is -0.770. The van der Waals surface area contributed by atoms with E-state index in [1.54, 1.807) is 0 Å². The second kappa shape index (κ2) is 6.74. The summed E-state index contributed by atoms with van der Waals surface area (Å²) in [6.45, 7) is 5.46. The second-order valence-corrected chi connectivity index (χ2v) is 4.37. The van der Waals surface area contributed by atoms with Gasteiger partial charge < -0.3 is 15.8 Å². The van der Waals surface area contributed by atoms with E-state index >= 15 is 0 Å². The average molecular weight is 243 g/mol. The van der Waals surface area contributed by atoms with Gasteiger partial charge in [0.1, 0.15) is 11.9 Å². The van der Waals surface area contributed by atoms with Gasteiger partial charge in [-0.15, -0.1) is 0 Å². The average Bonchev–Trinajstić information content (AvgIpc) is 2.26. The predicted octanol–water partition coefficient (Wildman–Crippen LogP) is 2.04. The van der Waals surface area contributed by atoms with Crippen LogP contribution in [0.5, 0.6) is 5.75 Å².